The van der Waals surface area contributed by atoms with Crippen molar-refractivity contribution in [3.8, 4) is 5.75 Å². The molecule has 1 amide bonds. The molecule has 28 heavy (non-hydrogen) atoms. The van der Waals surface area contributed by atoms with Gasteiger partial charge in [-0.3, -0.25) is 14.9 Å². The van der Waals surface area contributed by atoms with Gasteiger partial charge >= 0.3 is 0 Å². The van der Waals surface area contributed by atoms with Gasteiger partial charge in [0.25, 0.3) is 11.6 Å². The second-order valence-corrected chi connectivity index (χ2v) is 8.07. The lowest BCUT2D eigenvalue weighted by Crippen LogP contribution is -2.25. The molecule has 148 valence electrons. The van der Waals surface area contributed by atoms with Crippen molar-refractivity contribution in [3.63, 3.8) is 0 Å². The minimum Gasteiger partial charge on any atom is -0.483 e. The number of benzene rings is 2. The molecule has 0 saturated carbocycles. The summed E-state index contributed by atoms with van der Waals surface area (Å²) < 4.78 is 5.77. The number of carbonyl (C=O) groups excluding carboxylic acids is 1. The molecule has 0 bridgehead atoms. The zero-order valence-electron chi connectivity index (χ0n) is 16.2. The van der Waals surface area contributed by atoms with Crippen molar-refractivity contribution >= 4 is 33.2 Å². The molecule has 0 aromatic heterocycles. The van der Waals surface area contributed by atoms with Gasteiger partial charge in [-0.1, -0.05) is 45.0 Å². The maximum Gasteiger partial charge on any atom is 0.277 e. The lowest BCUT2D eigenvalue weighted by Gasteiger charge is -2.19. The molecule has 0 spiro atoms. The maximum absolute atomic E-state index is 12.0. The fourth-order valence-corrected chi connectivity index (χ4v) is 2.80. The number of amides is 1. The van der Waals surface area contributed by atoms with Gasteiger partial charge in [0.1, 0.15) is 5.75 Å². The summed E-state index contributed by atoms with van der Waals surface area (Å²) in [7, 11) is 0. The molecule has 0 radical (unpaired) electrons. The Labute approximate surface area is 172 Å². The monoisotopic (exact) mass is 447 g/mol. The van der Waals surface area contributed by atoms with E-state index in [0.717, 1.165) is 5.56 Å². The third-order valence-corrected chi connectivity index (χ3v) is 4.62. The van der Waals surface area contributed by atoms with Crippen LogP contribution in [-0.4, -0.2) is 23.1 Å². The Kier molecular flexibility index (Phi) is 6.90. The van der Waals surface area contributed by atoms with Crippen LogP contribution in [0, 0.1) is 10.1 Å². The zero-order chi connectivity index (χ0) is 20.9. The van der Waals surface area contributed by atoms with Gasteiger partial charge in [-0.25, -0.2) is 5.43 Å². The number of carbonyl (C=O) groups is 1. The van der Waals surface area contributed by atoms with E-state index in [4.69, 9.17) is 4.74 Å². The number of hydrogen-bond acceptors (Lipinski definition) is 5. The molecule has 2 aromatic rings. The van der Waals surface area contributed by atoms with Gasteiger partial charge in [-0.15, -0.1) is 0 Å². The van der Waals surface area contributed by atoms with Crippen LogP contribution in [0.3, 0.4) is 0 Å². The topological polar surface area (TPSA) is 93.8 Å². The van der Waals surface area contributed by atoms with Gasteiger partial charge in [-0.05, 0) is 45.5 Å². The van der Waals surface area contributed by atoms with Crippen molar-refractivity contribution in [2.45, 2.75) is 33.1 Å². The highest BCUT2D eigenvalue weighted by Gasteiger charge is 2.14. The summed E-state index contributed by atoms with van der Waals surface area (Å²) in [5, 5.41) is 14.8. The molecule has 0 atom stereocenters. The number of nitrogens with zero attached hydrogens (tertiary/aromatic N) is 2. The van der Waals surface area contributed by atoms with Crippen LogP contribution >= 0.6 is 15.9 Å². The predicted molar refractivity (Wildman–Crippen MR) is 112 cm³/mol. The third kappa shape index (κ3) is 5.88. The van der Waals surface area contributed by atoms with Crippen molar-refractivity contribution in [2.75, 3.05) is 6.61 Å². The number of nitro groups is 1. The molecule has 0 aliphatic carbocycles. The van der Waals surface area contributed by atoms with E-state index in [2.05, 4.69) is 47.2 Å². The zero-order valence-corrected chi connectivity index (χ0v) is 17.7. The Morgan fingerprint density at radius 1 is 1.21 bits per heavy atom. The Bertz CT molecular complexity index is 903. The second kappa shape index (κ2) is 8.97. The minimum absolute atomic E-state index is 0.0682. The SMILES string of the molecule is CC(=NNC(=O)COc1ccc([N+](=O)[O-])cc1Br)c1ccc(C(C)(C)C)cc1. The Morgan fingerprint density at radius 2 is 1.86 bits per heavy atom. The normalized spacial score (nSPS) is 11.8. The molecule has 7 nitrogen and oxygen atoms in total. The van der Waals surface area contributed by atoms with Crippen LogP contribution in [0.4, 0.5) is 5.69 Å². The summed E-state index contributed by atoms with van der Waals surface area (Å²) in [4.78, 5) is 22.2. The Morgan fingerprint density at radius 3 is 2.39 bits per heavy atom. The minimum atomic E-state index is -0.507. The van der Waals surface area contributed by atoms with Crippen LogP contribution in [0.1, 0.15) is 38.8 Å². The van der Waals surface area contributed by atoms with Crippen LogP contribution < -0.4 is 10.2 Å². The third-order valence-electron chi connectivity index (χ3n) is 4.00. The number of hydrogen-bond donors (Lipinski definition) is 1. The van der Waals surface area contributed by atoms with Gasteiger partial charge in [0.15, 0.2) is 6.61 Å². The fraction of sp³-hybridized carbons (Fsp3) is 0.300. The van der Waals surface area contributed by atoms with Gasteiger partial charge in [0, 0.05) is 12.1 Å². The van der Waals surface area contributed by atoms with Crippen LogP contribution in [0.5, 0.6) is 5.75 Å². The first-order valence-electron chi connectivity index (χ1n) is 8.58. The Hall–Kier alpha value is -2.74. The first kappa shape index (κ1) is 21.6. The predicted octanol–water partition coefficient (Wildman–Crippen LogP) is 4.57. The molecule has 0 aliphatic heterocycles. The van der Waals surface area contributed by atoms with E-state index >= 15 is 0 Å². The van der Waals surface area contributed by atoms with E-state index in [0.29, 0.717) is 15.9 Å². The number of ether oxygens (including phenoxy) is 1. The van der Waals surface area contributed by atoms with E-state index in [1.54, 1.807) is 6.92 Å². The number of rotatable bonds is 6. The first-order chi connectivity index (χ1) is 13.1. The van der Waals surface area contributed by atoms with E-state index in [-0.39, 0.29) is 17.7 Å². The first-order valence-corrected chi connectivity index (χ1v) is 9.38. The van der Waals surface area contributed by atoms with E-state index < -0.39 is 10.8 Å². The van der Waals surface area contributed by atoms with E-state index in [1.165, 1.54) is 23.8 Å². The molecule has 0 fully saturated rings. The van der Waals surface area contributed by atoms with Crippen molar-refractivity contribution in [2.24, 2.45) is 5.10 Å². The summed E-state index contributed by atoms with van der Waals surface area (Å²) in [5.74, 6) is -0.102. The van der Waals surface area contributed by atoms with Crippen molar-refractivity contribution in [1.82, 2.24) is 5.43 Å². The summed E-state index contributed by atoms with van der Waals surface area (Å²) in [5.41, 5.74) is 5.25. The van der Waals surface area contributed by atoms with Crippen molar-refractivity contribution in [1.29, 1.82) is 0 Å². The number of halogens is 1. The van der Waals surface area contributed by atoms with Crippen LogP contribution in [-0.2, 0) is 10.2 Å². The van der Waals surface area contributed by atoms with Gasteiger partial charge < -0.3 is 4.74 Å². The summed E-state index contributed by atoms with van der Waals surface area (Å²) >= 11 is 3.19. The number of hydrazone groups is 1. The number of nitro benzene ring substituents is 1. The average Bonchev–Trinajstić information content (AvgIpc) is 2.64. The molecule has 8 heteroatoms. The second-order valence-electron chi connectivity index (χ2n) is 7.22. The van der Waals surface area contributed by atoms with Crippen LogP contribution in [0.25, 0.3) is 0 Å². The van der Waals surface area contributed by atoms with Crippen LogP contribution in [0.15, 0.2) is 52.0 Å². The van der Waals surface area contributed by atoms with E-state index in [1.807, 2.05) is 24.3 Å². The molecule has 0 saturated heterocycles. The Balaban J connectivity index is 1.93. The maximum atomic E-state index is 12.0. The summed E-state index contributed by atoms with van der Waals surface area (Å²) in [6.07, 6.45) is 0. The lowest BCUT2D eigenvalue weighted by molar-refractivity contribution is -0.384. The highest BCUT2D eigenvalue weighted by atomic mass is 79.9. The van der Waals surface area contributed by atoms with Gasteiger partial charge in [0.2, 0.25) is 0 Å². The average molecular weight is 448 g/mol. The summed E-state index contributed by atoms with van der Waals surface area (Å²) in [6.45, 7) is 7.97. The summed E-state index contributed by atoms with van der Waals surface area (Å²) in [6, 6.07) is 12.1. The molecule has 0 heterocycles. The quantitative estimate of drug-likeness (QED) is 0.398. The van der Waals surface area contributed by atoms with Crippen molar-refractivity contribution < 1.29 is 14.5 Å². The van der Waals surface area contributed by atoms with E-state index in [9.17, 15) is 14.9 Å². The molecule has 0 aliphatic rings. The number of nitrogens with one attached hydrogen (secondary N) is 1. The molecule has 0 unspecified atom stereocenters. The molecular formula is C20H22BrN3O4. The molecular weight excluding hydrogens is 426 g/mol. The lowest BCUT2D eigenvalue weighted by atomic mass is 9.86. The standard InChI is InChI=1S/C20H22BrN3O4/c1-13(14-5-7-15(8-6-14)20(2,3)4)22-23-19(25)12-28-18-10-9-16(24(26)27)11-17(18)21/h5-11H,12H2,1-4H3,(H,23,25). The van der Waals surface area contributed by atoms with Crippen LogP contribution in [0.2, 0.25) is 0 Å². The molecule has 2 aromatic carbocycles. The fourth-order valence-electron chi connectivity index (χ4n) is 2.32. The number of non-ortho nitro benzene ring substituents is 1. The van der Waals surface area contributed by atoms with Gasteiger partial charge in [0.05, 0.1) is 15.1 Å². The molecule has 2 rings (SSSR count). The molecule has 1 N–H and O–H groups in total. The smallest absolute Gasteiger partial charge is 0.277 e. The largest absolute Gasteiger partial charge is 0.483 e. The highest BCUT2D eigenvalue weighted by Crippen LogP contribution is 2.29. The highest BCUT2D eigenvalue weighted by molar-refractivity contribution is 9.10. The van der Waals surface area contributed by atoms with Gasteiger partial charge in [-0.2, -0.15) is 5.10 Å². The van der Waals surface area contributed by atoms with Crippen molar-refractivity contribution in [3.05, 3.63) is 68.2 Å².